The molecule has 0 aliphatic carbocycles. The lowest BCUT2D eigenvalue weighted by atomic mass is 10.2. The molecule has 2 rings (SSSR count). The van der Waals surface area contributed by atoms with Crippen molar-refractivity contribution < 1.29 is 14.9 Å². The van der Waals surface area contributed by atoms with Crippen LogP contribution in [0.2, 0.25) is 0 Å². The maximum atomic E-state index is 9.91. The number of ether oxygens (including phenoxy) is 1. The number of aliphatic hydroxyl groups is 2. The maximum Gasteiger partial charge on any atom is 0.168 e. The van der Waals surface area contributed by atoms with Gasteiger partial charge in [-0.1, -0.05) is 42.1 Å². The molecule has 0 bridgehead atoms. The Morgan fingerprint density at radius 1 is 1.33 bits per heavy atom. The SMILES string of the molecule is Cn1c(CO)cnc1SCC(O)COCc1ccccc1. The molecule has 0 fully saturated rings. The number of aromatic nitrogens is 2. The molecular formula is C15H20N2O3S. The standard InChI is InChI=1S/C15H20N2O3S/c1-17-13(8-18)7-16-15(17)21-11-14(19)10-20-9-12-5-3-2-4-6-12/h2-7,14,18-19H,8-11H2,1H3. The molecule has 5 nitrogen and oxygen atoms in total. The topological polar surface area (TPSA) is 67.5 Å². The van der Waals surface area contributed by atoms with Crippen molar-refractivity contribution >= 4 is 11.8 Å². The number of hydrogen-bond acceptors (Lipinski definition) is 5. The number of aliphatic hydroxyl groups excluding tert-OH is 2. The number of hydrogen-bond donors (Lipinski definition) is 2. The van der Waals surface area contributed by atoms with Crippen LogP contribution in [0.5, 0.6) is 0 Å². The van der Waals surface area contributed by atoms with E-state index in [2.05, 4.69) is 4.98 Å². The van der Waals surface area contributed by atoms with Gasteiger partial charge in [0, 0.05) is 12.8 Å². The van der Waals surface area contributed by atoms with Gasteiger partial charge in [-0.25, -0.2) is 4.98 Å². The molecule has 0 amide bonds. The van der Waals surface area contributed by atoms with Crippen LogP contribution < -0.4 is 0 Å². The normalized spacial score (nSPS) is 12.5. The minimum Gasteiger partial charge on any atom is -0.390 e. The average Bonchev–Trinajstić information content (AvgIpc) is 2.86. The lowest BCUT2D eigenvalue weighted by Crippen LogP contribution is -2.18. The summed E-state index contributed by atoms with van der Waals surface area (Å²) >= 11 is 1.45. The Hall–Kier alpha value is -1.34. The van der Waals surface area contributed by atoms with Gasteiger partial charge in [0.2, 0.25) is 0 Å². The third kappa shape index (κ3) is 4.86. The fourth-order valence-electron chi connectivity index (χ4n) is 1.81. The number of imidazole rings is 1. The molecular weight excluding hydrogens is 288 g/mol. The summed E-state index contributed by atoms with van der Waals surface area (Å²) in [6, 6.07) is 9.87. The predicted octanol–water partition coefficient (Wildman–Crippen LogP) is 1.58. The first-order valence-electron chi connectivity index (χ1n) is 6.74. The van der Waals surface area contributed by atoms with Crippen molar-refractivity contribution in [3.8, 4) is 0 Å². The minimum absolute atomic E-state index is 0.0349. The van der Waals surface area contributed by atoms with Crippen LogP contribution in [0.3, 0.4) is 0 Å². The van der Waals surface area contributed by atoms with Gasteiger partial charge in [0.25, 0.3) is 0 Å². The lowest BCUT2D eigenvalue weighted by Gasteiger charge is -2.11. The molecule has 21 heavy (non-hydrogen) atoms. The first-order chi connectivity index (χ1) is 10.2. The van der Waals surface area contributed by atoms with Crippen LogP contribution in [0.25, 0.3) is 0 Å². The van der Waals surface area contributed by atoms with E-state index in [4.69, 9.17) is 9.84 Å². The van der Waals surface area contributed by atoms with Crippen LogP contribution in [0, 0.1) is 0 Å². The zero-order valence-corrected chi connectivity index (χ0v) is 12.8. The Bertz CT molecular complexity index is 545. The van der Waals surface area contributed by atoms with Crippen LogP contribution in [0.4, 0.5) is 0 Å². The van der Waals surface area contributed by atoms with Gasteiger partial charge >= 0.3 is 0 Å². The van der Waals surface area contributed by atoms with Gasteiger partial charge in [-0.15, -0.1) is 0 Å². The Kier molecular flexibility index (Phi) is 6.25. The first-order valence-corrected chi connectivity index (χ1v) is 7.73. The van der Waals surface area contributed by atoms with Crippen molar-refractivity contribution in [2.75, 3.05) is 12.4 Å². The molecule has 1 atom stereocenters. The molecule has 0 saturated heterocycles. The first kappa shape index (κ1) is 16.0. The average molecular weight is 308 g/mol. The van der Waals surface area contributed by atoms with Gasteiger partial charge < -0.3 is 19.5 Å². The minimum atomic E-state index is -0.548. The van der Waals surface area contributed by atoms with Gasteiger partial charge in [0.05, 0.1) is 37.8 Å². The quantitative estimate of drug-likeness (QED) is 0.725. The Morgan fingerprint density at radius 2 is 2.10 bits per heavy atom. The van der Waals surface area contributed by atoms with Crippen LogP contribution in [-0.2, 0) is 25.0 Å². The second-order valence-corrected chi connectivity index (χ2v) is 5.70. The summed E-state index contributed by atoms with van der Waals surface area (Å²) < 4.78 is 7.32. The van der Waals surface area contributed by atoms with E-state index in [1.807, 2.05) is 41.9 Å². The molecule has 0 aliphatic rings. The van der Waals surface area contributed by atoms with Gasteiger partial charge in [-0.2, -0.15) is 0 Å². The molecule has 1 unspecified atom stereocenters. The fraction of sp³-hybridized carbons (Fsp3) is 0.400. The monoisotopic (exact) mass is 308 g/mol. The third-order valence-corrected chi connectivity index (χ3v) is 4.22. The molecule has 1 aromatic carbocycles. The van der Waals surface area contributed by atoms with Gasteiger partial charge in [0.15, 0.2) is 5.16 Å². The lowest BCUT2D eigenvalue weighted by molar-refractivity contribution is 0.0397. The van der Waals surface area contributed by atoms with E-state index in [9.17, 15) is 5.11 Å². The zero-order valence-electron chi connectivity index (χ0n) is 12.0. The molecule has 2 aromatic rings. The molecule has 1 heterocycles. The summed E-state index contributed by atoms with van der Waals surface area (Å²) in [5.74, 6) is 0.504. The molecule has 114 valence electrons. The third-order valence-electron chi connectivity index (χ3n) is 3.03. The summed E-state index contributed by atoms with van der Waals surface area (Å²) in [5, 5.41) is 19.8. The Morgan fingerprint density at radius 3 is 2.76 bits per heavy atom. The molecule has 1 aromatic heterocycles. The second-order valence-electron chi connectivity index (χ2n) is 4.71. The molecule has 6 heteroatoms. The molecule has 0 aliphatic heterocycles. The van der Waals surface area contributed by atoms with Gasteiger partial charge in [-0.05, 0) is 5.56 Å². The highest BCUT2D eigenvalue weighted by Crippen LogP contribution is 2.18. The maximum absolute atomic E-state index is 9.91. The van der Waals surface area contributed by atoms with E-state index in [1.165, 1.54) is 11.8 Å². The van der Waals surface area contributed by atoms with E-state index in [-0.39, 0.29) is 6.61 Å². The van der Waals surface area contributed by atoms with Crippen LogP contribution in [0.1, 0.15) is 11.3 Å². The number of nitrogens with zero attached hydrogens (tertiary/aromatic N) is 2. The van der Waals surface area contributed by atoms with Crippen molar-refractivity contribution in [3.63, 3.8) is 0 Å². The number of rotatable bonds is 8. The van der Waals surface area contributed by atoms with Crippen LogP contribution >= 0.6 is 11.8 Å². The van der Waals surface area contributed by atoms with Crippen LogP contribution in [-0.4, -0.2) is 38.2 Å². The molecule has 0 radical (unpaired) electrons. The largest absolute Gasteiger partial charge is 0.390 e. The van der Waals surface area contributed by atoms with Crippen molar-refractivity contribution in [2.45, 2.75) is 24.5 Å². The van der Waals surface area contributed by atoms with E-state index in [1.54, 1.807) is 6.20 Å². The predicted molar refractivity (Wildman–Crippen MR) is 82.0 cm³/mol. The summed E-state index contributed by atoms with van der Waals surface area (Å²) in [6.45, 7) is 0.756. The van der Waals surface area contributed by atoms with E-state index in [0.29, 0.717) is 19.0 Å². The van der Waals surface area contributed by atoms with Gasteiger partial charge in [0.1, 0.15) is 0 Å². The highest BCUT2D eigenvalue weighted by atomic mass is 32.2. The van der Waals surface area contributed by atoms with Crippen molar-refractivity contribution in [1.82, 2.24) is 9.55 Å². The number of benzene rings is 1. The highest BCUT2D eigenvalue weighted by molar-refractivity contribution is 7.99. The van der Waals surface area contributed by atoms with Crippen LogP contribution in [0.15, 0.2) is 41.7 Å². The number of thioether (sulfide) groups is 1. The molecule has 0 spiro atoms. The van der Waals surface area contributed by atoms with E-state index < -0.39 is 6.10 Å². The summed E-state index contributed by atoms with van der Waals surface area (Å²) in [7, 11) is 1.85. The van der Waals surface area contributed by atoms with Crippen molar-refractivity contribution in [3.05, 3.63) is 47.8 Å². The zero-order chi connectivity index (χ0) is 15.1. The summed E-state index contributed by atoms with van der Waals surface area (Å²) in [6.07, 6.45) is 1.09. The molecule has 0 saturated carbocycles. The second kappa shape index (κ2) is 8.19. The highest BCUT2D eigenvalue weighted by Gasteiger charge is 2.10. The van der Waals surface area contributed by atoms with Crippen molar-refractivity contribution in [2.24, 2.45) is 7.05 Å². The van der Waals surface area contributed by atoms with E-state index >= 15 is 0 Å². The Balaban J connectivity index is 1.70. The van der Waals surface area contributed by atoms with Gasteiger partial charge in [-0.3, -0.25) is 0 Å². The fourth-order valence-corrected chi connectivity index (χ4v) is 2.69. The van der Waals surface area contributed by atoms with E-state index in [0.717, 1.165) is 16.4 Å². The summed E-state index contributed by atoms with van der Waals surface area (Å²) in [5.41, 5.74) is 1.85. The summed E-state index contributed by atoms with van der Waals surface area (Å²) in [4.78, 5) is 4.20. The Labute approximate surface area is 128 Å². The smallest absolute Gasteiger partial charge is 0.168 e. The van der Waals surface area contributed by atoms with Crippen molar-refractivity contribution in [1.29, 1.82) is 0 Å². The molecule has 2 N–H and O–H groups in total.